The molecule has 0 saturated heterocycles. The predicted octanol–water partition coefficient (Wildman–Crippen LogP) is 32.4. The van der Waals surface area contributed by atoms with Gasteiger partial charge in [-0.15, -0.1) is 0 Å². The van der Waals surface area contributed by atoms with Crippen LogP contribution in [0.1, 0.15) is 462 Å². The zero-order valence-electron chi connectivity index (χ0n) is 63.7. The molecule has 1 heterocycles. The summed E-state index contributed by atoms with van der Waals surface area (Å²) in [5.74, 6) is 0. The maximum atomic E-state index is 11.9. The summed E-state index contributed by atoms with van der Waals surface area (Å²) in [4.78, 5) is 0. The van der Waals surface area contributed by atoms with E-state index in [9.17, 15) is 5.53 Å². The van der Waals surface area contributed by atoms with E-state index in [2.05, 4.69) is 116 Å². The summed E-state index contributed by atoms with van der Waals surface area (Å²) in [6.07, 6.45) is 93.6. The van der Waals surface area contributed by atoms with Crippen molar-refractivity contribution in [2.75, 3.05) is 0 Å². The smallest absolute Gasteiger partial charge is 0.493 e. The predicted molar refractivity (Wildman–Crippen MR) is 418 cm³/mol. The largest absolute Gasteiger partial charge is 2.00 e. The molecule has 0 N–H and O–H groups in total. The molecule has 0 aliphatic carbocycles. The second-order valence-corrected chi connectivity index (χ2v) is 28.8. The molecule has 93 heavy (non-hydrogen) atoms. The fourth-order valence-corrected chi connectivity index (χ4v) is 13.7. The summed E-state index contributed by atoms with van der Waals surface area (Å²) in [5, 5.41) is 0. The minimum absolute atomic E-state index is 0. The summed E-state index contributed by atoms with van der Waals surface area (Å²) in [6.45, 7) is 21.4. The summed E-state index contributed by atoms with van der Waals surface area (Å²) < 4.78 is 1.50. The minimum atomic E-state index is 0. The molecule has 0 bridgehead atoms. The first-order chi connectivity index (χ1) is 45.5. The number of rotatable bonds is 65. The second-order valence-electron chi connectivity index (χ2n) is 28.8. The first-order valence-corrected chi connectivity index (χ1v) is 41.9. The Hall–Kier alpha value is -2.25. The zero-order chi connectivity index (χ0) is 66.5. The van der Waals surface area contributed by atoms with E-state index in [1.54, 1.807) is 0 Å². The molecule has 0 fully saturated rings. The van der Waals surface area contributed by atoms with E-state index in [4.69, 9.17) is 0 Å². The molecule has 0 atom stereocenters. The van der Waals surface area contributed by atoms with Gasteiger partial charge in [-0.3, -0.25) is 0 Å². The molecule has 0 radical (unpaired) electrons. The van der Waals surface area contributed by atoms with Gasteiger partial charge < -0.3 is 19.4 Å². The molecule has 3 rings (SSSR count). The third-order valence-corrected chi connectivity index (χ3v) is 19.9. The molecule has 2 aromatic carbocycles. The van der Waals surface area contributed by atoms with Crippen molar-refractivity contribution in [3.63, 3.8) is 0 Å². The molecule has 0 saturated carbocycles. The first kappa shape index (κ1) is 90.8. The molecule has 0 amide bonds. The second kappa shape index (κ2) is 72.5. The number of benzene rings is 2. The fourth-order valence-electron chi connectivity index (χ4n) is 13.7. The van der Waals surface area contributed by atoms with Crippen LogP contribution in [0.25, 0.3) is 16.9 Å². The average Bonchev–Trinajstić information content (AvgIpc) is 1.64. The number of aryl methyl sites for hydroxylation is 2. The van der Waals surface area contributed by atoms with Crippen LogP contribution in [0.4, 0.5) is 0 Å². The van der Waals surface area contributed by atoms with E-state index in [-0.39, 0.29) is 16.5 Å². The van der Waals surface area contributed by atoms with Crippen LogP contribution in [0.3, 0.4) is 0 Å². The number of nitrogens with zero attached hydrogens (tertiary/aromatic N) is 2. The van der Waals surface area contributed by atoms with E-state index >= 15 is 0 Å². The van der Waals surface area contributed by atoms with Gasteiger partial charge in [0.25, 0.3) is 0 Å². The maximum Gasteiger partial charge on any atom is 2.00 e. The molecule has 0 aromatic heterocycles. The van der Waals surface area contributed by atoms with Gasteiger partial charge in [-0.05, 0) is 80.3 Å². The molecule has 0 spiro atoms. The molecular formula is C90H160N2Ni. The van der Waals surface area contributed by atoms with E-state index < -0.39 is 0 Å². The van der Waals surface area contributed by atoms with Crippen LogP contribution in [0.2, 0.25) is 0 Å². The maximum absolute atomic E-state index is 11.9. The van der Waals surface area contributed by atoms with Crippen LogP contribution in [-0.4, -0.2) is 4.70 Å². The Labute approximate surface area is 594 Å². The fraction of sp³-hybridized carbons (Fsp3) is 0.778. The van der Waals surface area contributed by atoms with Crippen LogP contribution in [0, 0.1) is 13.8 Å². The number of allylic oxidation sites excluding steroid dienone is 4. The van der Waals surface area contributed by atoms with Crippen molar-refractivity contribution in [3.8, 4) is 0 Å². The Morgan fingerprint density at radius 1 is 0.312 bits per heavy atom. The first-order valence-electron chi connectivity index (χ1n) is 41.9. The number of unbranched alkanes of at least 4 members (excludes halogenated alkanes) is 56. The van der Waals surface area contributed by atoms with E-state index in [1.165, 1.54) is 399 Å². The van der Waals surface area contributed by atoms with E-state index in [0.29, 0.717) is 0 Å². The van der Waals surface area contributed by atoms with Gasteiger partial charge in [0.05, 0.1) is 5.57 Å². The van der Waals surface area contributed by atoms with Gasteiger partial charge in [0.1, 0.15) is 0 Å². The standard InChI is InChI=1S/C52H82N2.2C19H39.Ni/c1-5-9-12-13-14-15-16-17-18-19-20-21-22-23-24-25-26-27-28-29-30-31-32-33-39-50-49(8-4)52(48-38-34-37-46(44-48)36-11-7-3)54(53)51(50)47-42-40-45(41-43-47)35-10-6-2;2*1-3-5-7-9-11-13-15-17-19-18-16-14-12-10-8-6-4-2;/h33-34,37-44H,5-32,35-36H2,1-4H3;2*1,3-19H2,2H3;/q;2*-1;+2. The Kier molecular flexibility index (Phi) is 70.7. The van der Waals surface area contributed by atoms with Crippen molar-refractivity contribution >= 4 is 11.4 Å². The molecule has 2 aromatic rings. The van der Waals surface area contributed by atoms with Gasteiger partial charge in [0.15, 0.2) is 0 Å². The molecule has 3 heteroatoms. The van der Waals surface area contributed by atoms with Gasteiger partial charge in [-0.1, -0.05) is 431 Å². The van der Waals surface area contributed by atoms with Gasteiger partial charge in [0, 0.05) is 16.7 Å². The SMILES string of the molecule is CCCCCCCCCCCCCCCCCCCCCCCCC=CC1=C(c2ccc(CCCC)cc2)[N+](=[N-])C(c2cccc(CCCC)c2)=C1CC.[CH2-]CCCCCCCCCCCCCCCCCC.[CH2-]CCCCCCCCCCCCCCCCCC.[Ni+2]. The minimum Gasteiger partial charge on any atom is -0.493 e. The summed E-state index contributed by atoms with van der Waals surface area (Å²) >= 11 is 0. The van der Waals surface area contributed by atoms with E-state index in [1.807, 2.05) is 0 Å². The van der Waals surface area contributed by atoms with Crippen molar-refractivity contribution in [2.24, 2.45) is 0 Å². The molecule has 1 aliphatic heterocycles. The monoisotopic (exact) mass is 1330 g/mol. The van der Waals surface area contributed by atoms with Crippen molar-refractivity contribution < 1.29 is 21.2 Å². The van der Waals surface area contributed by atoms with Crippen molar-refractivity contribution in [1.82, 2.24) is 0 Å². The Morgan fingerprint density at radius 3 is 0.903 bits per heavy atom. The number of hydrogen-bond donors (Lipinski definition) is 0. The summed E-state index contributed by atoms with van der Waals surface area (Å²) in [6, 6.07) is 17.8. The van der Waals surface area contributed by atoms with E-state index in [0.717, 1.165) is 61.0 Å². The van der Waals surface area contributed by atoms with Gasteiger partial charge in [-0.25, -0.2) is 4.70 Å². The molecule has 1 aliphatic rings. The Morgan fingerprint density at radius 2 is 0.602 bits per heavy atom. The Balaban J connectivity index is 0.00000177. The van der Waals surface area contributed by atoms with Gasteiger partial charge in [-0.2, -0.15) is 12.8 Å². The molecular weight excluding hydrogens is 1170 g/mol. The third kappa shape index (κ3) is 53.4. The van der Waals surface area contributed by atoms with Crippen molar-refractivity contribution in [2.45, 2.75) is 452 Å². The van der Waals surface area contributed by atoms with Crippen molar-refractivity contribution in [3.05, 3.63) is 113 Å². The molecule has 0 unspecified atom stereocenters. The normalized spacial score (nSPS) is 12.3. The molecule has 2 nitrogen and oxygen atoms in total. The van der Waals surface area contributed by atoms with Crippen LogP contribution < -0.4 is 0 Å². The topological polar surface area (TPSA) is 25.3 Å². The Bertz CT molecular complexity index is 1890. The summed E-state index contributed by atoms with van der Waals surface area (Å²) in [7, 11) is 0. The quantitative estimate of drug-likeness (QED) is 0.0273. The van der Waals surface area contributed by atoms with Gasteiger partial charge in [0.2, 0.25) is 11.4 Å². The number of hydrogen-bond acceptors (Lipinski definition) is 0. The zero-order valence-corrected chi connectivity index (χ0v) is 64.6. The van der Waals surface area contributed by atoms with Crippen LogP contribution >= 0.6 is 0 Å². The van der Waals surface area contributed by atoms with Crippen LogP contribution in [-0.2, 0) is 29.3 Å². The van der Waals surface area contributed by atoms with Crippen molar-refractivity contribution in [1.29, 1.82) is 0 Å². The molecule has 540 valence electrons. The van der Waals surface area contributed by atoms with Crippen LogP contribution in [0.5, 0.6) is 0 Å². The average molecular weight is 1330 g/mol. The third-order valence-electron chi connectivity index (χ3n) is 19.9. The summed E-state index contributed by atoms with van der Waals surface area (Å²) in [5.41, 5.74) is 21.1. The van der Waals surface area contributed by atoms with Gasteiger partial charge >= 0.3 is 16.5 Å². The van der Waals surface area contributed by atoms with Crippen LogP contribution in [0.15, 0.2) is 71.8 Å².